The number of carbonyl (C=O) groups is 1. The Kier molecular flexibility index (Phi) is 5.69. The third kappa shape index (κ3) is 4.21. The molecule has 0 aromatic carbocycles. The number of hydrogen-bond acceptors (Lipinski definition) is 4. The second-order valence-corrected chi connectivity index (χ2v) is 3.43. The molecule has 0 aliphatic carbocycles. The Balaban J connectivity index is 2.68. The van der Waals surface area contributed by atoms with Crippen LogP contribution in [0, 0.1) is 11.3 Å². The summed E-state index contributed by atoms with van der Waals surface area (Å²) in [4.78, 5) is 17.6. The topological polar surface area (TPSA) is 66.2 Å². The molecule has 1 heterocycles. The van der Waals surface area contributed by atoms with E-state index in [2.05, 4.69) is 4.98 Å². The molecule has 5 nitrogen and oxygen atoms in total. The Labute approximate surface area is 101 Å². The van der Waals surface area contributed by atoms with Gasteiger partial charge in [0.1, 0.15) is 0 Å². The zero-order chi connectivity index (χ0) is 12.5. The third-order valence-electron chi connectivity index (χ3n) is 2.25. The van der Waals surface area contributed by atoms with Gasteiger partial charge in [-0.25, -0.2) is 0 Å². The summed E-state index contributed by atoms with van der Waals surface area (Å²) in [5.41, 5.74) is 0.529. The first kappa shape index (κ1) is 13.1. The lowest BCUT2D eigenvalue weighted by atomic mass is 10.2. The molecule has 0 atom stereocenters. The first-order valence-corrected chi connectivity index (χ1v) is 5.34. The van der Waals surface area contributed by atoms with E-state index in [4.69, 9.17) is 10.00 Å². The summed E-state index contributed by atoms with van der Waals surface area (Å²) in [6.45, 7) is 1.34. The molecule has 1 aromatic rings. The smallest absolute Gasteiger partial charge is 0.255 e. The molecule has 1 aromatic heterocycles. The molecule has 0 spiro atoms. The van der Waals surface area contributed by atoms with Crippen LogP contribution in [-0.4, -0.2) is 42.6 Å². The van der Waals surface area contributed by atoms with Crippen molar-refractivity contribution in [1.29, 1.82) is 5.26 Å². The zero-order valence-electron chi connectivity index (χ0n) is 9.80. The quantitative estimate of drug-likeness (QED) is 0.737. The van der Waals surface area contributed by atoms with E-state index in [0.29, 0.717) is 31.7 Å². The maximum Gasteiger partial charge on any atom is 0.255 e. The molecule has 0 unspecified atom stereocenters. The molecular formula is C12H15N3O2. The summed E-state index contributed by atoms with van der Waals surface area (Å²) in [5.74, 6) is -0.120. The van der Waals surface area contributed by atoms with Gasteiger partial charge in [-0.05, 0) is 12.1 Å². The van der Waals surface area contributed by atoms with Gasteiger partial charge in [0.2, 0.25) is 0 Å². The highest BCUT2D eigenvalue weighted by Gasteiger charge is 2.14. The van der Waals surface area contributed by atoms with Gasteiger partial charge in [-0.2, -0.15) is 5.26 Å². The van der Waals surface area contributed by atoms with Crippen LogP contribution in [0.1, 0.15) is 16.8 Å². The number of rotatable bonds is 6. The maximum absolute atomic E-state index is 12.1. The Morgan fingerprint density at radius 3 is 3.00 bits per heavy atom. The molecule has 0 radical (unpaired) electrons. The fourth-order valence-corrected chi connectivity index (χ4v) is 1.37. The lowest BCUT2D eigenvalue weighted by Gasteiger charge is -2.20. The normalized spacial score (nSPS) is 9.65. The number of amides is 1. The molecule has 0 N–H and O–H groups in total. The Morgan fingerprint density at radius 1 is 1.59 bits per heavy atom. The molecule has 0 aliphatic heterocycles. The van der Waals surface area contributed by atoms with E-state index in [1.165, 1.54) is 6.20 Å². The van der Waals surface area contributed by atoms with Gasteiger partial charge in [-0.3, -0.25) is 9.78 Å². The highest BCUT2D eigenvalue weighted by Crippen LogP contribution is 2.03. The van der Waals surface area contributed by atoms with Crippen LogP contribution in [-0.2, 0) is 4.74 Å². The highest BCUT2D eigenvalue weighted by atomic mass is 16.5. The first-order valence-electron chi connectivity index (χ1n) is 5.34. The second kappa shape index (κ2) is 7.36. The Morgan fingerprint density at radius 2 is 2.41 bits per heavy atom. The van der Waals surface area contributed by atoms with Gasteiger partial charge in [0, 0.05) is 32.6 Å². The number of aromatic nitrogens is 1. The standard InChI is InChI=1S/C12H15N3O2/c1-17-9-8-15(7-3-5-13)12(16)11-4-2-6-14-10-11/h2,4,6,10H,3,7-9H2,1H3. The summed E-state index contributed by atoms with van der Waals surface area (Å²) in [5, 5.41) is 8.56. The second-order valence-electron chi connectivity index (χ2n) is 3.43. The van der Waals surface area contributed by atoms with Crippen LogP contribution in [0.2, 0.25) is 0 Å². The van der Waals surface area contributed by atoms with Gasteiger partial charge < -0.3 is 9.64 Å². The average molecular weight is 233 g/mol. The minimum atomic E-state index is -0.120. The zero-order valence-corrected chi connectivity index (χ0v) is 9.80. The molecule has 5 heteroatoms. The fraction of sp³-hybridized carbons (Fsp3) is 0.417. The van der Waals surface area contributed by atoms with Gasteiger partial charge in [0.05, 0.1) is 24.7 Å². The predicted molar refractivity (Wildman–Crippen MR) is 62.2 cm³/mol. The van der Waals surface area contributed by atoms with Crippen LogP contribution < -0.4 is 0 Å². The van der Waals surface area contributed by atoms with E-state index in [0.717, 1.165) is 0 Å². The number of methoxy groups -OCH3 is 1. The van der Waals surface area contributed by atoms with E-state index >= 15 is 0 Å². The minimum Gasteiger partial charge on any atom is -0.383 e. The van der Waals surface area contributed by atoms with Crippen LogP contribution in [0.4, 0.5) is 0 Å². The molecule has 0 bridgehead atoms. The van der Waals surface area contributed by atoms with Gasteiger partial charge in [-0.1, -0.05) is 0 Å². The third-order valence-corrected chi connectivity index (χ3v) is 2.25. The molecule has 1 amide bonds. The number of nitriles is 1. The number of carbonyl (C=O) groups excluding carboxylic acids is 1. The molecule has 0 saturated carbocycles. The van der Waals surface area contributed by atoms with Crippen LogP contribution in [0.25, 0.3) is 0 Å². The van der Waals surface area contributed by atoms with E-state index in [1.54, 1.807) is 30.3 Å². The van der Waals surface area contributed by atoms with Crippen molar-refractivity contribution in [2.75, 3.05) is 26.8 Å². The molecular weight excluding hydrogens is 218 g/mol. The summed E-state index contributed by atoms with van der Waals surface area (Å²) in [7, 11) is 1.58. The maximum atomic E-state index is 12.1. The minimum absolute atomic E-state index is 0.120. The number of pyridine rings is 1. The summed E-state index contributed by atoms with van der Waals surface area (Å²) in [6.07, 6.45) is 3.45. The fourth-order valence-electron chi connectivity index (χ4n) is 1.37. The van der Waals surface area contributed by atoms with Crippen LogP contribution in [0.5, 0.6) is 0 Å². The number of ether oxygens (including phenoxy) is 1. The summed E-state index contributed by atoms with van der Waals surface area (Å²) >= 11 is 0. The Bertz CT molecular complexity index is 386. The van der Waals surface area contributed by atoms with Crippen molar-refractivity contribution >= 4 is 5.91 Å². The lowest BCUT2D eigenvalue weighted by molar-refractivity contribution is 0.0699. The highest BCUT2D eigenvalue weighted by molar-refractivity contribution is 5.93. The van der Waals surface area contributed by atoms with Crippen molar-refractivity contribution < 1.29 is 9.53 Å². The summed E-state index contributed by atoms with van der Waals surface area (Å²) in [6, 6.07) is 5.45. The van der Waals surface area contributed by atoms with E-state index in [1.807, 2.05) is 6.07 Å². The van der Waals surface area contributed by atoms with Crippen molar-refractivity contribution in [3.8, 4) is 6.07 Å². The lowest BCUT2D eigenvalue weighted by Crippen LogP contribution is -2.34. The summed E-state index contributed by atoms with van der Waals surface area (Å²) < 4.78 is 4.95. The monoisotopic (exact) mass is 233 g/mol. The number of nitrogens with zero attached hydrogens (tertiary/aromatic N) is 3. The van der Waals surface area contributed by atoms with Crippen molar-refractivity contribution in [3.05, 3.63) is 30.1 Å². The van der Waals surface area contributed by atoms with Gasteiger partial charge in [-0.15, -0.1) is 0 Å². The largest absolute Gasteiger partial charge is 0.383 e. The van der Waals surface area contributed by atoms with E-state index < -0.39 is 0 Å². The molecule has 0 aliphatic rings. The van der Waals surface area contributed by atoms with Gasteiger partial charge in [0.25, 0.3) is 5.91 Å². The average Bonchev–Trinajstić information content (AvgIpc) is 2.39. The van der Waals surface area contributed by atoms with Crippen molar-refractivity contribution in [2.24, 2.45) is 0 Å². The van der Waals surface area contributed by atoms with Crippen LogP contribution >= 0.6 is 0 Å². The first-order chi connectivity index (χ1) is 8.29. The molecule has 1 rings (SSSR count). The van der Waals surface area contributed by atoms with Crippen LogP contribution in [0.3, 0.4) is 0 Å². The molecule has 0 fully saturated rings. The van der Waals surface area contributed by atoms with Crippen LogP contribution in [0.15, 0.2) is 24.5 Å². The van der Waals surface area contributed by atoms with Gasteiger partial charge in [0.15, 0.2) is 0 Å². The SMILES string of the molecule is COCCN(CCC#N)C(=O)c1cccnc1. The van der Waals surface area contributed by atoms with Gasteiger partial charge >= 0.3 is 0 Å². The van der Waals surface area contributed by atoms with Crippen molar-refractivity contribution in [1.82, 2.24) is 9.88 Å². The number of hydrogen-bond donors (Lipinski definition) is 0. The Hall–Kier alpha value is -1.93. The van der Waals surface area contributed by atoms with Crippen molar-refractivity contribution in [2.45, 2.75) is 6.42 Å². The molecule has 0 saturated heterocycles. The predicted octanol–water partition coefficient (Wildman–Crippen LogP) is 1.08. The van der Waals surface area contributed by atoms with E-state index in [-0.39, 0.29) is 5.91 Å². The van der Waals surface area contributed by atoms with E-state index in [9.17, 15) is 4.79 Å². The molecule has 17 heavy (non-hydrogen) atoms. The molecule has 90 valence electrons. The van der Waals surface area contributed by atoms with Crippen molar-refractivity contribution in [3.63, 3.8) is 0 Å².